The maximum Gasteiger partial charge on any atom is 0.133 e. The molecule has 2 N–H and O–H groups in total. The summed E-state index contributed by atoms with van der Waals surface area (Å²) in [6, 6.07) is 13.4. The number of quaternary nitrogens is 1. The van der Waals surface area contributed by atoms with E-state index in [1.165, 1.54) is 22.5 Å². The Morgan fingerprint density at radius 2 is 1.76 bits per heavy atom. The van der Waals surface area contributed by atoms with Crippen LogP contribution in [-0.4, -0.2) is 26.7 Å². The molecule has 0 saturated heterocycles. The summed E-state index contributed by atoms with van der Waals surface area (Å²) in [5.74, 6) is 1.43. The molecule has 2 aromatic rings. The molecule has 0 aliphatic heterocycles. The smallest absolute Gasteiger partial charge is 0.133 e. The minimum absolute atomic E-state index is 0.500. The molecule has 182 valence electrons. The van der Waals surface area contributed by atoms with Crippen LogP contribution in [0.25, 0.3) is 6.08 Å². The Hall–Kier alpha value is -2.52. The Morgan fingerprint density at radius 1 is 1.03 bits per heavy atom. The standard InChI is InChI=1S/C28H40N2O.C2H6/c1-7-19-29-27-18-15-22(8-2)20-26(27)23(9-3)13-12-14-24-16-17-25(21-28(24)31-6)30(10-4)11-5;1-2/h7,12,14-18,20-21,23,29H,1,8-11,13,19H2,2-6H3;1-2H3/p+1/b14-12+;. The van der Waals surface area contributed by atoms with Crippen molar-refractivity contribution in [1.29, 1.82) is 0 Å². The number of nitrogens with zero attached hydrogens (tertiary/aromatic N) is 1. The molecule has 0 heterocycles. The number of allylic oxidation sites excluding steroid dienone is 1. The zero-order valence-corrected chi connectivity index (χ0v) is 22.2. The third-order valence-corrected chi connectivity index (χ3v) is 6.06. The maximum absolute atomic E-state index is 5.70. The molecule has 0 aromatic heterocycles. The van der Waals surface area contributed by atoms with Crippen LogP contribution in [0.3, 0.4) is 0 Å². The van der Waals surface area contributed by atoms with Crippen LogP contribution >= 0.6 is 0 Å². The first kappa shape index (κ1) is 28.5. The third kappa shape index (κ3) is 8.40. The van der Waals surface area contributed by atoms with Crippen molar-refractivity contribution in [3.8, 4) is 5.75 Å². The van der Waals surface area contributed by atoms with Gasteiger partial charge in [0, 0.05) is 36.0 Å². The van der Waals surface area contributed by atoms with Gasteiger partial charge in [0.1, 0.15) is 11.4 Å². The van der Waals surface area contributed by atoms with Gasteiger partial charge in [0.15, 0.2) is 0 Å². The molecule has 0 radical (unpaired) electrons. The lowest BCUT2D eigenvalue weighted by Gasteiger charge is -2.22. The first-order valence-corrected chi connectivity index (χ1v) is 12.8. The predicted octanol–water partition coefficient (Wildman–Crippen LogP) is 7.11. The molecule has 0 aliphatic rings. The lowest BCUT2D eigenvalue weighted by atomic mass is 9.89. The number of rotatable bonds is 13. The van der Waals surface area contributed by atoms with Gasteiger partial charge in [-0.15, -0.1) is 0 Å². The van der Waals surface area contributed by atoms with Crippen LogP contribution in [0.4, 0.5) is 11.4 Å². The van der Waals surface area contributed by atoms with Gasteiger partial charge in [-0.05, 0) is 74.9 Å². The number of anilines is 1. The van der Waals surface area contributed by atoms with Crippen LogP contribution in [0.15, 0.2) is 55.1 Å². The van der Waals surface area contributed by atoms with Crippen molar-refractivity contribution in [3.63, 3.8) is 0 Å². The summed E-state index contributed by atoms with van der Waals surface area (Å²) < 4.78 is 5.70. The van der Waals surface area contributed by atoms with E-state index in [1.54, 1.807) is 7.11 Å². The van der Waals surface area contributed by atoms with Gasteiger partial charge in [0.05, 0.1) is 13.7 Å². The predicted molar refractivity (Wildman–Crippen MR) is 147 cm³/mol. The topological polar surface area (TPSA) is 29.1 Å². The molecule has 0 bridgehead atoms. The van der Waals surface area contributed by atoms with E-state index in [1.807, 2.05) is 19.9 Å². The number of nitrogens with two attached hydrogens (primary N) is 1. The first-order chi connectivity index (χ1) is 16.1. The molecule has 2 rings (SSSR count). The molecule has 1 unspecified atom stereocenters. The van der Waals surface area contributed by atoms with Crippen LogP contribution in [0.2, 0.25) is 0 Å². The van der Waals surface area contributed by atoms with Crippen molar-refractivity contribution < 1.29 is 10.1 Å². The Morgan fingerprint density at radius 3 is 2.33 bits per heavy atom. The van der Waals surface area contributed by atoms with Crippen molar-refractivity contribution in [3.05, 3.63) is 71.8 Å². The monoisotopic (exact) mass is 451 g/mol. The van der Waals surface area contributed by atoms with Crippen LogP contribution < -0.4 is 15.0 Å². The first-order valence-electron chi connectivity index (χ1n) is 12.8. The third-order valence-electron chi connectivity index (χ3n) is 6.06. The lowest BCUT2D eigenvalue weighted by Crippen LogP contribution is -2.78. The molecule has 3 heteroatoms. The second kappa shape index (κ2) is 16.1. The van der Waals surface area contributed by atoms with Crippen molar-refractivity contribution in [2.45, 2.75) is 66.7 Å². The summed E-state index contributed by atoms with van der Waals surface area (Å²) in [6.45, 7) is 19.6. The van der Waals surface area contributed by atoms with Crippen LogP contribution in [0.5, 0.6) is 5.75 Å². The highest BCUT2D eigenvalue weighted by molar-refractivity contribution is 5.63. The van der Waals surface area contributed by atoms with E-state index in [0.29, 0.717) is 5.92 Å². The summed E-state index contributed by atoms with van der Waals surface area (Å²) in [4.78, 5) is 2.34. The van der Waals surface area contributed by atoms with Gasteiger partial charge in [0.2, 0.25) is 0 Å². The number of hydrogen-bond donors (Lipinski definition) is 1. The highest BCUT2D eigenvalue weighted by Gasteiger charge is 2.16. The van der Waals surface area contributed by atoms with Gasteiger partial charge in [0.25, 0.3) is 0 Å². The quantitative estimate of drug-likeness (QED) is 0.260. The number of ether oxygens (including phenoxy) is 1. The van der Waals surface area contributed by atoms with E-state index in [2.05, 4.69) is 93.0 Å². The normalized spacial score (nSPS) is 11.6. The van der Waals surface area contributed by atoms with Crippen molar-refractivity contribution in [2.75, 3.05) is 31.6 Å². The maximum atomic E-state index is 5.70. The molecule has 1 atom stereocenters. The Balaban J connectivity index is 0.00000265. The Bertz CT molecular complexity index is 852. The number of benzene rings is 2. The molecule has 2 aromatic carbocycles. The molecule has 3 nitrogen and oxygen atoms in total. The second-order valence-corrected chi connectivity index (χ2v) is 7.89. The van der Waals surface area contributed by atoms with Gasteiger partial charge < -0.3 is 15.0 Å². The molecule has 0 saturated carbocycles. The molecular formula is C30H47N2O+. The summed E-state index contributed by atoms with van der Waals surface area (Å²) >= 11 is 0. The van der Waals surface area contributed by atoms with Crippen molar-refractivity contribution in [1.82, 2.24) is 0 Å². The molecule has 0 fully saturated rings. The molecular weight excluding hydrogens is 404 g/mol. The van der Waals surface area contributed by atoms with E-state index in [9.17, 15) is 0 Å². The summed E-state index contributed by atoms with van der Waals surface area (Å²) in [5, 5.41) is 2.29. The number of aryl methyl sites for hydroxylation is 1. The fourth-order valence-corrected chi connectivity index (χ4v) is 4.09. The van der Waals surface area contributed by atoms with Crippen molar-refractivity contribution >= 4 is 17.5 Å². The average Bonchev–Trinajstić information content (AvgIpc) is 2.87. The van der Waals surface area contributed by atoms with Gasteiger partial charge >= 0.3 is 0 Å². The highest BCUT2D eigenvalue weighted by Crippen LogP contribution is 2.31. The van der Waals surface area contributed by atoms with Crippen molar-refractivity contribution in [2.24, 2.45) is 0 Å². The molecule has 0 amide bonds. The number of methoxy groups -OCH3 is 1. The van der Waals surface area contributed by atoms with Gasteiger partial charge in [-0.2, -0.15) is 0 Å². The van der Waals surface area contributed by atoms with Crippen LogP contribution in [0.1, 0.15) is 77.0 Å². The SMILES string of the molecule is C=CC[NH2+]c1ccc(CC)cc1C(CC)C/C=C/c1ccc(N(CC)CC)cc1OC.CC. The second-order valence-electron chi connectivity index (χ2n) is 7.89. The number of hydrogen-bond acceptors (Lipinski definition) is 2. The van der Waals surface area contributed by atoms with E-state index in [0.717, 1.165) is 50.2 Å². The summed E-state index contributed by atoms with van der Waals surface area (Å²) in [6.07, 6.45) is 9.68. The lowest BCUT2D eigenvalue weighted by molar-refractivity contribution is -0.561. The minimum Gasteiger partial charge on any atom is -0.496 e. The Kier molecular flexibility index (Phi) is 14.0. The van der Waals surface area contributed by atoms with Gasteiger partial charge in [-0.25, -0.2) is 0 Å². The van der Waals surface area contributed by atoms with Gasteiger partial charge in [-0.3, -0.25) is 0 Å². The van der Waals surface area contributed by atoms with E-state index in [4.69, 9.17) is 4.74 Å². The molecule has 33 heavy (non-hydrogen) atoms. The largest absolute Gasteiger partial charge is 0.496 e. The van der Waals surface area contributed by atoms with E-state index < -0.39 is 0 Å². The zero-order valence-electron chi connectivity index (χ0n) is 22.2. The molecule has 0 spiro atoms. The highest BCUT2D eigenvalue weighted by atomic mass is 16.5. The zero-order chi connectivity index (χ0) is 24.6. The fourth-order valence-electron chi connectivity index (χ4n) is 4.09. The summed E-state index contributed by atoms with van der Waals surface area (Å²) in [7, 11) is 1.76. The Labute approximate surface area is 203 Å². The van der Waals surface area contributed by atoms with E-state index in [-0.39, 0.29) is 0 Å². The van der Waals surface area contributed by atoms with E-state index >= 15 is 0 Å². The van der Waals surface area contributed by atoms with Crippen LogP contribution in [0, 0.1) is 0 Å². The molecule has 0 aliphatic carbocycles. The average molecular weight is 452 g/mol. The minimum atomic E-state index is 0.500. The van der Waals surface area contributed by atoms with Gasteiger partial charge in [-0.1, -0.05) is 52.5 Å². The fraction of sp³-hybridized carbons (Fsp3) is 0.467. The van der Waals surface area contributed by atoms with Crippen LogP contribution in [-0.2, 0) is 6.42 Å². The summed E-state index contributed by atoms with van der Waals surface area (Å²) in [5.41, 5.74) is 6.55.